The molecule has 2 aromatic heterocycles. The average molecular weight is 640 g/mol. The first-order valence-corrected chi connectivity index (χ1v) is 15.4. The maximum atomic E-state index is 14.1. The van der Waals surface area contributed by atoms with Crippen molar-refractivity contribution in [2.45, 2.75) is 77.6 Å². The van der Waals surface area contributed by atoms with Crippen molar-refractivity contribution in [1.82, 2.24) is 24.8 Å². The standard InChI is InChI=1S/C33H39F2N5O6/c1-5-44-29(41)25-18-39(31(43)46-32(2,3)4)17-24(25)23-15-27-37-26(19-40(27)36-16-23)28(22-11-13-33(34,35)14-12-22)38-30(42)45-20-21-9-7-6-8-10-21/h6-10,15-16,19,22,28H,5,11-14,17-18,20H2,1-4H3,(H,38,42)/t28-/m0/s1. The lowest BCUT2D eigenvalue weighted by molar-refractivity contribution is -0.138. The number of nitrogens with zero attached hydrogens (tertiary/aromatic N) is 4. The maximum Gasteiger partial charge on any atom is 0.410 e. The third kappa shape index (κ3) is 7.99. The van der Waals surface area contributed by atoms with Crippen molar-refractivity contribution in [2.75, 3.05) is 19.7 Å². The Bertz CT molecular complexity index is 1610. The fraction of sp³-hybridized carbons (Fsp3) is 0.485. The number of nitrogens with one attached hydrogen (secondary N) is 1. The Hall–Kier alpha value is -4.55. The second-order valence-corrected chi connectivity index (χ2v) is 12.6. The van der Waals surface area contributed by atoms with Gasteiger partial charge in [0.05, 0.1) is 49.4 Å². The number of carbonyl (C=O) groups is 3. The van der Waals surface area contributed by atoms with Gasteiger partial charge in [-0.25, -0.2) is 32.7 Å². The van der Waals surface area contributed by atoms with Crippen molar-refractivity contribution in [3.63, 3.8) is 0 Å². The summed E-state index contributed by atoms with van der Waals surface area (Å²) in [5, 5.41) is 7.36. The summed E-state index contributed by atoms with van der Waals surface area (Å²) in [5.74, 6) is -3.59. The molecule has 1 aliphatic heterocycles. The molecule has 5 rings (SSSR count). The SMILES string of the molecule is CCOC(=O)C1=C(c2cnn3cc([C@@H](NC(=O)OCc4ccccc4)C4CCC(F)(F)CC4)nc3c2)CN(C(=O)OC(C)(C)C)C1. The van der Waals surface area contributed by atoms with E-state index in [1.54, 1.807) is 46.2 Å². The van der Waals surface area contributed by atoms with E-state index in [2.05, 4.69) is 10.4 Å². The molecule has 2 amide bonds. The molecule has 1 fully saturated rings. The van der Waals surface area contributed by atoms with Crippen molar-refractivity contribution in [1.29, 1.82) is 0 Å². The van der Waals surface area contributed by atoms with Crippen molar-refractivity contribution >= 4 is 29.4 Å². The van der Waals surface area contributed by atoms with Gasteiger partial charge in [0.15, 0.2) is 5.65 Å². The van der Waals surface area contributed by atoms with Crippen LogP contribution in [-0.2, 0) is 25.6 Å². The molecule has 11 nitrogen and oxygen atoms in total. The Labute approximate surface area is 265 Å². The quantitative estimate of drug-likeness (QED) is 0.232. The maximum absolute atomic E-state index is 14.1. The molecule has 0 saturated heterocycles. The molecular weight excluding hydrogens is 600 g/mol. The second-order valence-electron chi connectivity index (χ2n) is 12.6. The molecule has 13 heteroatoms. The minimum atomic E-state index is -2.75. The number of hydrogen-bond acceptors (Lipinski definition) is 8. The van der Waals surface area contributed by atoms with E-state index in [1.807, 2.05) is 30.3 Å². The number of amides is 2. The third-order valence-electron chi connectivity index (χ3n) is 7.96. The predicted octanol–water partition coefficient (Wildman–Crippen LogP) is 6.09. The molecule has 0 spiro atoms. The van der Waals surface area contributed by atoms with Crippen LogP contribution in [0.4, 0.5) is 18.4 Å². The van der Waals surface area contributed by atoms with Gasteiger partial charge >= 0.3 is 18.2 Å². The van der Waals surface area contributed by atoms with Crippen LogP contribution in [0, 0.1) is 5.92 Å². The van der Waals surface area contributed by atoms with Crippen molar-refractivity contribution in [3.8, 4) is 0 Å². The molecule has 1 saturated carbocycles. The highest BCUT2D eigenvalue weighted by molar-refractivity contribution is 6.01. The summed E-state index contributed by atoms with van der Waals surface area (Å²) in [4.78, 5) is 44.8. The van der Waals surface area contributed by atoms with E-state index in [9.17, 15) is 23.2 Å². The molecule has 2 aliphatic rings. The highest BCUT2D eigenvalue weighted by atomic mass is 19.3. The number of hydrogen-bond donors (Lipinski definition) is 1. The van der Waals surface area contributed by atoms with E-state index in [1.165, 1.54) is 9.42 Å². The Morgan fingerprint density at radius 1 is 1.09 bits per heavy atom. The monoisotopic (exact) mass is 639 g/mol. The van der Waals surface area contributed by atoms with Crippen LogP contribution in [0.15, 0.2) is 54.4 Å². The number of halogens is 2. The van der Waals surface area contributed by atoms with E-state index in [-0.39, 0.29) is 57.9 Å². The van der Waals surface area contributed by atoms with Gasteiger partial charge in [0, 0.05) is 18.4 Å². The summed E-state index contributed by atoms with van der Waals surface area (Å²) >= 11 is 0. The normalized spacial score (nSPS) is 17.6. The lowest BCUT2D eigenvalue weighted by atomic mass is 9.81. The summed E-state index contributed by atoms with van der Waals surface area (Å²) in [7, 11) is 0. The summed E-state index contributed by atoms with van der Waals surface area (Å²) in [5.41, 5.74) is 2.37. The molecule has 1 atom stereocenters. The highest BCUT2D eigenvalue weighted by Crippen LogP contribution is 2.41. The van der Waals surface area contributed by atoms with Crippen LogP contribution in [0.3, 0.4) is 0 Å². The van der Waals surface area contributed by atoms with Crippen LogP contribution in [-0.4, -0.2) is 68.9 Å². The number of ether oxygens (including phenoxy) is 3. The number of carbonyl (C=O) groups excluding carboxylic acids is 3. The number of rotatable bonds is 8. The van der Waals surface area contributed by atoms with Crippen molar-refractivity contribution in [3.05, 3.63) is 71.2 Å². The highest BCUT2D eigenvalue weighted by Gasteiger charge is 2.40. The molecule has 3 heterocycles. The first-order chi connectivity index (χ1) is 21.8. The van der Waals surface area contributed by atoms with Crippen LogP contribution in [0.25, 0.3) is 11.2 Å². The van der Waals surface area contributed by atoms with Gasteiger partial charge in [0.1, 0.15) is 12.2 Å². The topological polar surface area (TPSA) is 124 Å². The zero-order valence-electron chi connectivity index (χ0n) is 26.4. The van der Waals surface area contributed by atoms with E-state index < -0.39 is 35.7 Å². The molecule has 3 aromatic rings. The lowest BCUT2D eigenvalue weighted by Crippen LogP contribution is -2.37. The molecular formula is C33H39F2N5O6. The van der Waals surface area contributed by atoms with E-state index >= 15 is 0 Å². The zero-order valence-corrected chi connectivity index (χ0v) is 26.4. The molecule has 1 aliphatic carbocycles. The second kappa shape index (κ2) is 13.4. The van der Waals surface area contributed by atoms with E-state index in [4.69, 9.17) is 19.2 Å². The van der Waals surface area contributed by atoms with Crippen LogP contribution in [0.5, 0.6) is 0 Å². The van der Waals surface area contributed by atoms with Gasteiger partial charge in [0.2, 0.25) is 5.92 Å². The van der Waals surface area contributed by atoms with Crippen LogP contribution in [0.1, 0.15) is 76.2 Å². The molecule has 1 aromatic carbocycles. The number of aromatic nitrogens is 3. The fourth-order valence-electron chi connectivity index (χ4n) is 5.69. The predicted molar refractivity (Wildman–Crippen MR) is 164 cm³/mol. The molecule has 246 valence electrons. The van der Waals surface area contributed by atoms with E-state index in [0.29, 0.717) is 28.1 Å². The number of alkyl carbamates (subject to hydrolysis) is 1. The Kier molecular flexibility index (Phi) is 9.59. The largest absolute Gasteiger partial charge is 0.463 e. The van der Waals surface area contributed by atoms with Gasteiger partial charge in [-0.1, -0.05) is 30.3 Å². The minimum Gasteiger partial charge on any atom is -0.463 e. The fourth-order valence-corrected chi connectivity index (χ4v) is 5.69. The Morgan fingerprint density at radius 2 is 1.80 bits per heavy atom. The van der Waals surface area contributed by atoms with Gasteiger partial charge in [-0.05, 0) is 63.7 Å². The smallest absolute Gasteiger partial charge is 0.410 e. The third-order valence-corrected chi connectivity index (χ3v) is 7.96. The number of imidazole rings is 1. The lowest BCUT2D eigenvalue weighted by Gasteiger charge is -2.33. The van der Waals surface area contributed by atoms with Crippen molar-refractivity contribution in [2.24, 2.45) is 5.92 Å². The first kappa shape index (κ1) is 32.8. The first-order valence-electron chi connectivity index (χ1n) is 15.4. The number of alkyl halides is 2. The molecule has 46 heavy (non-hydrogen) atoms. The van der Waals surface area contributed by atoms with Crippen molar-refractivity contribution < 1.29 is 37.4 Å². The Balaban J connectivity index is 1.41. The molecule has 1 N–H and O–H groups in total. The van der Waals surface area contributed by atoms with Gasteiger partial charge in [-0.15, -0.1) is 0 Å². The molecule has 0 radical (unpaired) electrons. The average Bonchev–Trinajstić information content (AvgIpc) is 3.64. The van der Waals surface area contributed by atoms with Gasteiger partial charge in [-0.3, -0.25) is 4.90 Å². The van der Waals surface area contributed by atoms with Crippen LogP contribution < -0.4 is 5.32 Å². The van der Waals surface area contributed by atoms with Gasteiger partial charge < -0.3 is 19.5 Å². The number of esters is 1. The van der Waals surface area contributed by atoms with Crippen LogP contribution in [0.2, 0.25) is 0 Å². The number of fused-ring (bicyclic) bond motifs is 1. The number of benzene rings is 1. The summed E-state index contributed by atoms with van der Waals surface area (Å²) in [6.07, 6.45) is 1.77. The molecule has 0 bridgehead atoms. The zero-order chi connectivity index (χ0) is 33.1. The van der Waals surface area contributed by atoms with Crippen LogP contribution >= 0.6 is 0 Å². The summed E-state index contributed by atoms with van der Waals surface area (Å²) in [6.45, 7) is 7.32. The Morgan fingerprint density at radius 3 is 2.48 bits per heavy atom. The van der Waals surface area contributed by atoms with Gasteiger partial charge in [0.25, 0.3) is 0 Å². The minimum absolute atomic E-state index is 0.0113. The summed E-state index contributed by atoms with van der Waals surface area (Å²) in [6, 6.07) is 10.2. The van der Waals surface area contributed by atoms with Gasteiger partial charge in [-0.2, -0.15) is 5.10 Å². The molecule has 0 unspecified atom stereocenters. The van der Waals surface area contributed by atoms with E-state index in [0.717, 1.165) is 5.56 Å². The summed E-state index contributed by atoms with van der Waals surface area (Å²) < 4.78 is 45.9.